The molecule has 1 amide bonds. The number of hydrogen-bond donors (Lipinski definition) is 1. The highest BCUT2D eigenvalue weighted by molar-refractivity contribution is 9.11. The van der Waals surface area contributed by atoms with Crippen molar-refractivity contribution in [2.45, 2.75) is 6.54 Å². The van der Waals surface area contributed by atoms with Gasteiger partial charge in [0, 0.05) is 18.2 Å². The molecule has 1 aromatic carbocycles. The minimum Gasteiger partial charge on any atom is -0.496 e. The van der Waals surface area contributed by atoms with Gasteiger partial charge in [0.15, 0.2) is 18.1 Å². The average Bonchev–Trinajstić information content (AvgIpc) is 3.09. The predicted molar refractivity (Wildman–Crippen MR) is 100 cm³/mol. The second kappa shape index (κ2) is 9.44. The van der Waals surface area contributed by atoms with Gasteiger partial charge in [0.05, 0.1) is 25.1 Å². The number of benzene rings is 1. The van der Waals surface area contributed by atoms with Gasteiger partial charge in [-0.1, -0.05) is 0 Å². The lowest BCUT2D eigenvalue weighted by molar-refractivity contribution is -0.124. The third kappa shape index (κ3) is 5.12. The van der Waals surface area contributed by atoms with Crippen LogP contribution in [0.2, 0.25) is 0 Å². The van der Waals surface area contributed by atoms with E-state index in [1.54, 1.807) is 24.3 Å². The third-order valence-corrected chi connectivity index (χ3v) is 4.98. The zero-order chi connectivity index (χ0) is 19.1. The molecule has 0 fully saturated rings. The number of amides is 1. The van der Waals surface area contributed by atoms with Gasteiger partial charge in [-0.05, 0) is 34.1 Å². The largest absolute Gasteiger partial charge is 0.496 e. The van der Waals surface area contributed by atoms with E-state index >= 15 is 0 Å². The summed E-state index contributed by atoms with van der Waals surface area (Å²) in [6.45, 7) is -0.186. The lowest BCUT2D eigenvalue weighted by Crippen LogP contribution is -2.28. The summed E-state index contributed by atoms with van der Waals surface area (Å²) in [4.78, 5) is 24.2. The Hall–Kier alpha value is -2.26. The standard InChI is InChI=1S/C17H18BrNO6S/c1-22-11-7-13(24-3)12(23-2)6-10(11)8-19-16(20)9-25-17(21)14-4-5-15(18)26-14/h4-7H,8-9H2,1-3H3,(H,19,20). The molecule has 0 aliphatic carbocycles. The number of nitrogens with one attached hydrogen (secondary N) is 1. The average molecular weight is 444 g/mol. The van der Waals surface area contributed by atoms with Gasteiger partial charge in [-0.3, -0.25) is 4.79 Å². The van der Waals surface area contributed by atoms with Gasteiger partial charge in [0.25, 0.3) is 5.91 Å². The number of ether oxygens (including phenoxy) is 4. The van der Waals surface area contributed by atoms with Crippen LogP contribution in [0.15, 0.2) is 28.1 Å². The van der Waals surface area contributed by atoms with E-state index in [0.717, 1.165) is 3.79 Å². The van der Waals surface area contributed by atoms with Crippen LogP contribution in [0.5, 0.6) is 17.2 Å². The summed E-state index contributed by atoms with van der Waals surface area (Å²) in [6, 6.07) is 6.76. The highest BCUT2D eigenvalue weighted by Crippen LogP contribution is 2.34. The first kappa shape index (κ1) is 20.1. The predicted octanol–water partition coefficient (Wildman–Crippen LogP) is 3.01. The molecule has 1 N–H and O–H groups in total. The maximum Gasteiger partial charge on any atom is 0.348 e. The SMILES string of the molecule is COc1cc(OC)c(OC)cc1CNC(=O)COC(=O)c1ccc(Br)s1. The molecule has 7 nitrogen and oxygen atoms in total. The van der Waals surface area contributed by atoms with E-state index in [-0.39, 0.29) is 13.2 Å². The van der Waals surface area contributed by atoms with E-state index in [1.165, 1.54) is 32.7 Å². The molecule has 0 saturated heterocycles. The van der Waals surface area contributed by atoms with Crippen LogP contribution in [-0.4, -0.2) is 39.8 Å². The van der Waals surface area contributed by atoms with E-state index < -0.39 is 11.9 Å². The van der Waals surface area contributed by atoms with Crippen molar-refractivity contribution in [1.29, 1.82) is 0 Å². The van der Waals surface area contributed by atoms with E-state index in [0.29, 0.717) is 27.7 Å². The van der Waals surface area contributed by atoms with Crippen molar-refractivity contribution >= 4 is 39.1 Å². The molecular weight excluding hydrogens is 426 g/mol. The van der Waals surface area contributed by atoms with Crippen LogP contribution in [0.4, 0.5) is 0 Å². The monoisotopic (exact) mass is 443 g/mol. The number of halogens is 1. The topological polar surface area (TPSA) is 83.1 Å². The van der Waals surface area contributed by atoms with Gasteiger partial charge >= 0.3 is 5.97 Å². The molecule has 0 bridgehead atoms. The van der Waals surface area contributed by atoms with Crippen LogP contribution in [-0.2, 0) is 16.1 Å². The smallest absolute Gasteiger partial charge is 0.348 e. The fraction of sp³-hybridized carbons (Fsp3) is 0.294. The minimum atomic E-state index is -0.542. The van der Waals surface area contributed by atoms with Crippen LogP contribution in [0, 0.1) is 0 Å². The van der Waals surface area contributed by atoms with Crippen molar-refractivity contribution in [2.75, 3.05) is 27.9 Å². The van der Waals surface area contributed by atoms with Gasteiger partial charge in [0.2, 0.25) is 0 Å². The van der Waals surface area contributed by atoms with Crippen molar-refractivity contribution in [2.24, 2.45) is 0 Å². The molecule has 9 heteroatoms. The summed E-state index contributed by atoms with van der Waals surface area (Å²) in [7, 11) is 4.57. The number of esters is 1. The molecule has 0 aliphatic heterocycles. The van der Waals surface area contributed by atoms with Crippen molar-refractivity contribution in [1.82, 2.24) is 5.32 Å². The Morgan fingerprint density at radius 1 is 1.04 bits per heavy atom. The molecule has 0 aliphatic rings. The third-order valence-electron chi connectivity index (χ3n) is 3.37. The normalized spacial score (nSPS) is 10.2. The first-order valence-electron chi connectivity index (χ1n) is 7.46. The van der Waals surface area contributed by atoms with Crippen molar-refractivity contribution in [3.63, 3.8) is 0 Å². The highest BCUT2D eigenvalue weighted by atomic mass is 79.9. The Kier molecular flexibility index (Phi) is 7.28. The van der Waals surface area contributed by atoms with Gasteiger partial charge in [-0.25, -0.2) is 4.79 Å². The molecule has 0 radical (unpaired) electrons. The van der Waals surface area contributed by atoms with Gasteiger partial charge in [-0.2, -0.15) is 0 Å². The second-order valence-electron chi connectivity index (χ2n) is 4.98. The summed E-state index contributed by atoms with van der Waals surface area (Å²) in [5, 5.41) is 2.68. The summed E-state index contributed by atoms with van der Waals surface area (Å²) >= 11 is 4.51. The van der Waals surface area contributed by atoms with Gasteiger partial charge < -0.3 is 24.3 Å². The fourth-order valence-electron chi connectivity index (χ4n) is 2.10. The molecule has 0 atom stereocenters. The summed E-state index contributed by atoms with van der Waals surface area (Å²) in [5.74, 6) is 0.622. The molecule has 0 unspecified atom stereocenters. The molecule has 140 valence electrons. The molecule has 1 heterocycles. The zero-order valence-electron chi connectivity index (χ0n) is 14.5. The molecule has 0 saturated carbocycles. The number of thiophene rings is 1. The van der Waals surface area contributed by atoms with Crippen molar-refractivity contribution in [3.05, 3.63) is 38.5 Å². The van der Waals surface area contributed by atoms with E-state index in [1.807, 2.05) is 0 Å². The first-order chi connectivity index (χ1) is 12.5. The van der Waals surface area contributed by atoms with Crippen LogP contribution in [0.1, 0.15) is 15.2 Å². The first-order valence-corrected chi connectivity index (χ1v) is 9.07. The fourth-order valence-corrected chi connectivity index (χ4v) is 3.38. The van der Waals surface area contributed by atoms with Crippen molar-refractivity contribution < 1.29 is 28.5 Å². The second-order valence-corrected chi connectivity index (χ2v) is 7.44. The number of carbonyl (C=O) groups excluding carboxylic acids is 2. The quantitative estimate of drug-likeness (QED) is 0.631. The van der Waals surface area contributed by atoms with Crippen LogP contribution in [0.3, 0.4) is 0 Å². The Bertz CT molecular complexity index is 792. The van der Waals surface area contributed by atoms with E-state index in [2.05, 4.69) is 21.2 Å². The summed E-state index contributed by atoms with van der Waals surface area (Å²) < 4.78 is 21.6. The van der Waals surface area contributed by atoms with E-state index in [9.17, 15) is 9.59 Å². The zero-order valence-corrected chi connectivity index (χ0v) is 16.9. The lowest BCUT2D eigenvalue weighted by Gasteiger charge is -2.14. The Morgan fingerprint density at radius 3 is 2.27 bits per heavy atom. The molecule has 1 aromatic heterocycles. The molecule has 2 rings (SSSR count). The lowest BCUT2D eigenvalue weighted by atomic mass is 10.1. The van der Waals surface area contributed by atoms with Gasteiger partial charge in [-0.15, -0.1) is 11.3 Å². The number of methoxy groups -OCH3 is 3. The van der Waals surface area contributed by atoms with Crippen molar-refractivity contribution in [3.8, 4) is 17.2 Å². The molecule has 26 heavy (non-hydrogen) atoms. The minimum absolute atomic E-state index is 0.185. The molecular formula is C17H18BrNO6S. The Morgan fingerprint density at radius 2 is 1.69 bits per heavy atom. The maximum absolute atomic E-state index is 11.9. The molecule has 2 aromatic rings. The van der Waals surface area contributed by atoms with Gasteiger partial charge in [0.1, 0.15) is 10.6 Å². The maximum atomic E-state index is 11.9. The highest BCUT2D eigenvalue weighted by Gasteiger charge is 2.15. The van der Waals surface area contributed by atoms with Crippen LogP contribution < -0.4 is 19.5 Å². The van der Waals surface area contributed by atoms with Crippen LogP contribution >= 0.6 is 27.3 Å². The molecule has 0 spiro atoms. The summed E-state index contributed by atoms with van der Waals surface area (Å²) in [6.07, 6.45) is 0. The van der Waals surface area contributed by atoms with E-state index in [4.69, 9.17) is 18.9 Å². The number of carbonyl (C=O) groups is 2. The van der Waals surface area contributed by atoms with Crippen LogP contribution in [0.25, 0.3) is 0 Å². The Labute approximate surface area is 163 Å². The number of hydrogen-bond acceptors (Lipinski definition) is 7. The number of rotatable bonds is 8. The summed E-state index contributed by atoms with van der Waals surface area (Å²) in [5.41, 5.74) is 0.701. The Balaban J connectivity index is 1.93.